The van der Waals surface area contributed by atoms with Crippen molar-refractivity contribution >= 4 is 22.6 Å². The van der Waals surface area contributed by atoms with Crippen molar-refractivity contribution in [1.82, 2.24) is 19.8 Å². The molecule has 2 aromatic rings. The molecule has 1 atom stereocenters. The molecule has 1 aromatic carbocycles. The summed E-state index contributed by atoms with van der Waals surface area (Å²) in [7, 11) is 1.95. The van der Waals surface area contributed by atoms with E-state index in [9.17, 15) is 14.4 Å². The molecular weight excluding hydrogens is 428 g/mol. The predicted molar refractivity (Wildman–Crippen MR) is 135 cm³/mol. The summed E-state index contributed by atoms with van der Waals surface area (Å²) < 4.78 is 0. The summed E-state index contributed by atoms with van der Waals surface area (Å²) in [6.07, 6.45) is 5.73. The second kappa shape index (κ2) is 11.3. The number of H-pyrrole nitrogens is 1. The maximum absolute atomic E-state index is 13.0. The average molecular weight is 465 g/mol. The molecular formula is C27H36N4O3. The van der Waals surface area contributed by atoms with E-state index >= 15 is 0 Å². The Kier molecular flexibility index (Phi) is 8.42. The number of aromatic amines is 1. The maximum Gasteiger partial charge on any atom is 0.258 e. The van der Waals surface area contributed by atoms with Crippen molar-refractivity contribution < 1.29 is 9.59 Å². The van der Waals surface area contributed by atoms with Gasteiger partial charge in [-0.1, -0.05) is 31.7 Å². The van der Waals surface area contributed by atoms with Crippen LogP contribution in [0.3, 0.4) is 0 Å². The minimum Gasteiger partial charge on any atom is -0.377 e. The summed E-state index contributed by atoms with van der Waals surface area (Å²) in [4.78, 5) is 49.4. The van der Waals surface area contributed by atoms with Gasteiger partial charge in [0.1, 0.15) is 5.82 Å². The van der Waals surface area contributed by atoms with Crippen LogP contribution in [0.1, 0.15) is 45.9 Å². The minimum atomic E-state index is -0.154. The molecule has 0 radical (unpaired) electrons. The maximum atomic E-state index is 13.0. The first kappa shape index (κ1) is 25.4. The first-order chi connectivity index (χ1) is 16.2. The molecule has 0 unspecified atom stereocenters. The number of carbonyl (C=O) groups excluding carboxylic acids is 2. The Balaban J connectivity index is 1.54. The second-order valence-electron chi connectivity index (χ2n) is 9.61. The molecule has 1 N–H and O–H groups in total. The number of fused-ring (bicyclic) bond motifs is 1. The van der Waals surface area contributed by atoms with Crippen LogP contribution in [0.2, 0.25) is 0 Å². The molecule has 0 saturated carbocycles. The zero-order chi connectivity index (χ0) is 24.8. The van der Waals surface area contributed by atoms with Crippen molar-refractivity contribution in [3.63, 3.8) is 0 Å². The summed E-state index contributed by atoms with van der Waals surface area (Å²) >= 11 is 0. The first-order valence-electron chi connectivity index (χ1n) is 12.1. The van der Waals surface area contributed by atoms with Crippen molar-refractivity contribution in [1.29, 1.82) is 0 Å². The Morgan fingerprint density at radius 1 is 1.24 bits per heavy atom. The molecule has 34 heavy (non-hydrogen) atoms. The van der Waals surface area contributed by atoms with Crippen molar-refractivity contribution in [2.45, 2.75) is 52.5 Å². The SMILES string of the molecule is C=C/C(=C\N(C)C(C)C)C(=O)C1CCN(C(=O)C[C@H](C)Cc2nc3ccccc3c(=O)[nH]2)CC1. The number of ketones is 1. The monoisotopic (exact) mass is 464 g/mol. The summed E-state index contributed by atoms with van der Waals surface area (Å²) in [6, 6.07) is 7.55. The van der Waals surface area contributed by atoms with E-state index in [-0.39, 0.29) is 29.1 Å². The van der Waals surface area contributed by atoms with Crippen molar-refractivity contribution in [3.05, 3.63) is 64.9 Å². The number of amides is 1. The van der Waals surface area contributed by atoms with E-state index in [4.69, 9.17) is 0 Å². The van der Waals surface area contributed by atoms with Gasteiger partial charge in [0.15, 0.2) is 5.78 Å². The van der Waals surface area contributed by atoms with E-state index in [0.29, 0.717) is 67.1 Å². The lowest BCUT2D eigenvalue weighted by atomic mass is 9.88. The number of hydrogen-bond acceptors (Lipinski definition) is 5. The van der Waals surface area contributed by atoms with Crippen molar-refractivity contribution in [3.8, 4) is 0 Å². The largest absolute Gasteiger partial charge is 0.377 e. The molecule has 2 heterocycles. The van der Waals surface area contributed by atoms with Crippen LogP contribution in [0.5, 0.6) is 0 Å². The molecule has 0 bridgehead atoms. The molecule has 7 nitrogen and oxygen atoms in total. The normalized spacial score (nSPS) is 16.0. The van der Waals surface area contributed by atoms with Gasteiger partial charge >= 0.3 is 0 Å². The van der Waals surface area contributed by atoms with E-state index in [2.05, 4.69) is 30.4 Å². The van der Waals surface area contributed by atoms with E-state index in [1.54, 1.807) is 12.1 Å². The molecule has 182 valence electrons. The molecule has 0 aliphatic carbocycles. The number of Topliss-reactive ketones (excluding diaryl/α,β-unsaturated/α-hetero) is 1. The zero-order valence-electron chi connectivity index (χ0n) is 20.7. The molecule has 1 fully saturated rings. The van der Waals surface area contributed by atoms with Gasteiger partial charge < -0.3 is 14.8 Å². The van der Waals surface area contributed by atoms with E-state index < -0.39 is 0 Å². The molecule has 3 rings (SSSR count). The summed E-state index contributed by atoms with van der Waals surface area (Å²) in [6.45, 7) is 11.1. The Labute approximate surface area is 201 Å². The number of aromatic nitrogens is 2. The second-order valence-corrected chi connectivity index (χ2v) is 9.61. The van der Waals surface area contributed by atoms with Crippen LogP contribution in [0.25, 0.3) is 10.9 Å². The quantitative estimate of drug-likeness (QED) is 0.452. The number of nitrogens with zero attached hydrogens (tertiary/aromatic N) is 3. The Bertz CT molecular complexity index is 1130. The highest BCUT2D eigenvalue weighted by atomic mass is 16.2. The smallest absolute Gasteiger partial charge is 0.258 e. The minimum absolute atomic E-state index is 0.0399. The fourth-order valence-electron chi connectivity index (χ4n) is 4.27. The lowest BCUT2D eigenvalue weighted by Gasteiger charge is -2.32. The van der Waals surface area contributed by atoms with Gasteiger partial charge in [-0.25, -0.2) is 4.98 Å². The van der Waals surface area contributed by atoms with Crippen LogP contribution in [0.4, 0.5) is 0 Å². The van der Waals surface area contributed by atoms with Crippen LogP contribution in [0, 0.1) is 11.8 Å². The predicted octanol–water partition coefficient (Wildman–Crippen LogP) is 3.71. The van der Waals surface area contributed by atoms with Crippen LogP contribution in [-0.4, -0.2) is 57.6 Å². The standard InChI is InChI=1S/C27H36N4O3/c1-6-20(17-30(5)18(2)3)26(33)21-11-13-31(14-12-21)25(32)16-19(4)15-24-28-23-10-8-7-9-22(23)27(34)29-24/h6-10,17-19,21H,1,11-16H2,2-5H3,(H,28,29,34)/b20-17+/t19-/m1/s1. The average Bonchev–Trinajstić information content (AvgIpc) is 2.81. The molecule has 7 heteroatoms. The first-order valence-corrected chi connectivity index (χ1v) is 12.1. The van der Waals surface area contributed by atoms with Crippen molar-refractivity contribution in [2.75, 3.05) is 20.1 Å². The van der Waals surface area contributed by atoms with E-state index in [1.165, 1.54) is 0 Å². The lowest BCUT2D eigenvalue weighted by molar-refractivity contribution is -0.135. The number of carbonyl (C=O) groups is 2. The van der Waals surface area contributed by atoms with E-state index in [1.807, 2.05) is 48.2 Å². The van der Waals surface area contributed by atoms with Gasteiger partial charge in [0.05, 0.1) is 10.9 Å². The Hall–Kier alpha value is -3.22. The number of likely N-dealkylation sites (tertiary alicyclic amines) is 1. The van der Waals surface area contributed by atoms with Gasteiger partial charge in [0.2, 0.25) is 5.91 Å². The lowest BCUT2D eigenvalue weighted by Crippen LogP contribution is -2.41. The van der Waals surface area contributed by atoms with Crippen LogP contribution < -0.4 is 5.56 Å². The third kappa shape index (κ3) is 6.22. The van der Waals surface area contributed by atoms with Gasteiger partial charge in [-0.05, 0) is 44.7 Å². The molecule has 1 aliphatic rings. The summed E-state index contributed by atoms with van der Waals surface area (Å²) in [5.41, 5.74) is 1.14. The van der Waals surface area contributed by atoms with Gasteiger partial charge in [-0.15, -0.1) is 0 Å². The van der Waals surface area contributed by atoms with Crippen LogP contribution >= 0.6 is 0 Å². The topological polar surface area (TPSA) is 86.4 Å². The number of piperidine rings is 1. The van der Waals surface area contributed by atoms with Gasteiger partial charge in [-0.2, -0.15) is 0 Å². The molecule has 0 spiro atoms. The van der Waals surface area contributed by atoms with E-state index in [0.717, 1.165) is 0 Å². The third-order valence-electron chi connectivity index (χ3n) is 6.61. The Morgan fingerprint density at radius 2 is 1.91 bits per heavy atom. The number of para-hydroxylation sites is 1. The third-order valence-corrected chi connectivity index (χ3v) is 6.61. The highest BCUT2D eigenvalue weighted by Gasteiger charge is 2.29. The fraction of sp³-hybridized carbons (Fsp3) is 0.481. The highest BCUT2D eigenvalue weighted by molar-refractivity contribution is 5.99. The molecule has 1 saturated heterocycles. The molecule has 1 amide bonds. The fourth-order valence-corrected chi connectivity index (χ4v) is 4.27. The van der Waals surface area contributed by atoms with Gasteiger partial charge in [0.25, 0.3) is 5.56 Å². The number of allylic oxidation sites excluding steroid dienone is 2. The molecule has 1 aromatic heterocycles. The molecule has 1 aliphatic heterocycles. The van der Waals surface area contributed by atoms with Gasteiger partial charge in [-0.3, -0.25) is 14.4 Å². The van der Waals surface area contributed by atoms with Crippen LogP contribution in [0.15, 0.2) is 53.5 Å². The van der Waals surface area contributed by atoms with Crippen LogP contribution in [-0.2, 0) is 16.0 Å². The Morgan fingerprint density at radius 3 is 2.56 bits per heavy atom. The number of nitrogens with one attached hydrogen (secondary N) is 1. The number of rotatable bonds is 9. The van der Waals surface area contributed by atoms with Crippen molar-refractivity contribution in [2.24, 2.45) is 11.8 Å². The summed E-state index contributed by atoms with van der Waals surface area (Å²) in [5.74, 6) is 0.745. The number of benzene rings is 1. The highest BCUT2D eigenvalue weighted by Crippen LogP contribution is 2.23. The number of hydrogen-bond donors (Lipinski definition) is 1. The summed E-state index contributed by atoms with van der Waals surface area (Å²) in [5, 5.41) is 0.567. The van der Waals surface area contributed by atoms with Gasteiger partial charge in [0, 0.05) is 56.7 Å². The zero-order valence-corrected chi connectivity index (χ0v) is 20.7.